The zero-order valence-electron chi connectivity index (χ0n) is 14.9. The molecule has 0 atom stereocenters. The van der Waals surface area contributed by atoms with E-state index < -0.39 is 0 Å². The van der Waals surface area contributed by atoms with E-state index in [4.69, 9.17) is 11.6 Å². The lowest BCUT2D eigenvalue weighted by Crippen LogP contribution is -2.23. The maximum atomic E-state index is 11.9. The average molecular weight is 390 g/mol. The van der Waals surface area contributed by atoms with Crippen molar-refractivity contribution in [1.82, 2.24) is 20.2 Å². The summed E-state index contributed by atoms with van der Waals surface area (Å²) in [6.07, 6.45) is 6.92. The van der Waals surface area contributed by atoms with Crippen LogP contribution in [0.3, 0.4) is 0 Å². The van der Waals surface area contributed by atoms with Crippen molar-refractivity contribution in [2.45, 2.75) is 12.8 Å². The monoisotopic (exact) mass is 389 g/mol. The van der Waals surface area contributed by atoms with Crippen LogP contribution < -0.4 is 4.90 Å². The summed E-state index contributed by atoms with van der Waals surface area (Å²) in [4.78, 5) is 22.4. The number of aromatic nitrogens is 4. The van der Waals surface area contributed by atoms with Crippen molar-refractivity contribution in [3.8, 4) is 22.3 Å². The Balaban J connectivity index is 1.52. The summed E-state index contributed by atoms with van der Waals surface area (Å²) in [5, 5.41) is 8.21. The van der Waals surface area contributed by atoms with Crippen LogP contribution in [-0.4, -0.2) is 32.6 Å². The van der Waals surface area contributed by atoms with Crippen molar-refractivity contribution in [3.63, 3.8) is 0 Å². The number of anilines is 1. The number of rotatable bonds is 3. The summed E-state index contributed by atoms with van der Waals surface area (Å²) < 4.78 is 0. The molecular formula is C21H16ClN5O. The highest BCUT2D eigenvalue weighted by atomic mass is 35.5. The summed E-state index contributed by atoms with van der Waals surface area (Å²) in [6.45, 7) is 0.790. The van der Waals surface area contributed by atoms with Crippen LogP contribution in [-0.2, 0) is 4.79 Å². The summed E-state index contributed by atoms with van der Waals surface area (Å²) in [7, 11) is 0. The Morgan fingerprint density at radius 3 is 2.61 bits per heavy atom. The van der Waals surface area contributed by atoms with Gasteiger partial charge in [-0.25, -0.2) is 4.98 Å². The van der Waals surface area contributed by atoms with Gasteiger partial charge in [-0.3, -0.25) is 14.9 Å². The molecule has 3 aromatic heterocycles. The molecular weight excluding hydrogens is 374 g/mol. The molecule has 1 aliphatic heterocycles. The molecule has 6 nitrogen and oxygen atoms in total. The van der Waals surface area contributed by atoms with Gasteiger partial charge in [0.25, 0.3) is 0 Å². The Labute approximate surface area is 166 Å². The first-order valence-corrected chi connectivity index (χ1v) is 9.43. The minimum atomic E-state index is 0.190. The van der Waals surface area contributed by atoms with Gasteiger partial charge in [0.15, 0.2) is 5.65 Å². The van der Waals surface area contributed by atoms with Crippen molar-refractivity contribution in [3.05, 3.63) is 60.1 Å². The Hall–Kier alpha value is -3.25. The van der Waals surface area contributed by atoms with Crippen LogP contribution in [0.1, 0.15) is 12.8 Å². The van der Waals surface area contributed by atoms with Gasteiger partial charge >= 0.3 is 0 Å². The first kappa shape index (κ1) is 16.9. The quantitative estimate of drug-likeness (QED) is 0.524. The van der Waals surface area contributed by atoms with Gasteiger partial charge in [-0.05, 0) is 41.8 Å². The molecule has 28 heavy (non-hydrogen) atoms. The fourth-order valence-electron chi connectivity index (χ4n) is 3.64. The lowest BCUT2D eigenvalue weighted by Gasteiger charge is -2.16. The third-order valence-corrected chi connectivity index (χ3v) is 5.22. The summed E-state index contributed by atoms with van der Waals surface area (Å²) in [6, 6.07) is 11.9. The molecule has 1 aromatic carbocycles. The molecule has 5 rings (SSSR count). The van der Waals surface area contributed by atoms with Crippen LogP contribution in [0.25, 0.3) is 33.3 Å². The maximum Gasteiger partial charge on any atom is 0.227 e. The van der Waals surface area contributed by atoms with Gasteiger partial charge in [-0.15, -0.1) is 0 Å². The maximum absolute atomic E-state index is 11.9. The van der Waals surface area contributed by atoms with Crippen LogP contribution in [0.15, 0.2) is 55.0 Å². The Kier molecular flexibility index (Phi) is 4.06. The fourth-order valence-corrected chi connectivity index (χ4v) is 3.83. The van der Waals surface area contributed by atoms with E-state index in [2.05, 4.69) is 26.2 Å². The molecule has 7 heteroatoms. The molecule has 0 radical (unpaired) electrons. The number of hydrogen-bond donors (Lipinski definition) is 1. The first-order chi connectivity index (χ1) is 13.7. The lowest BCUT2D eigenvalue weighted by molar-refractivity contribution is -0.117. The van der Waals surface area contributed by atoms with Gasteiger partial charge in [0.05, 0.1) is 6.20 Å². The topological polar surface area (TPSA) is 74.8 Å². The van der Waals surface area contributed by atoms with Crippen LogP contribution in [0.5, 0.6) is 0 Å². The summed E-state index contributed by atoms with van der Waals surface area (Å²) >= 11 is 6.17. The molecule has 1 amide bonds. The predicted molar refractivity (Wildman–Crippen MR) is 109 cm³/mol. The highest BCUT2D eigenvalue weighted by Gasteiger charge is 2.21. The van der Waals surface area contributed by atoms with Gasteiger partial charge in [-0.2, -0.15) is 5.10 Å². The van der Waals surface area contributed by atoms with Gasteiger partial charge < -0.3 is 4.90 Å². The molecule has 0 bridgehead atoms. The number of carbonyl (C=O) groups is 1. The minimum Gasteiger partial charge on any atom is -0.312 e. The van der Waals surface area contributed by atoms with E-state index in [9.17, 15) is 4.79 Å². The van der Waals surface area contributed by atoms with E-state index >= 15 is 0 Å². The zero-order valence-corrected chi connectivity index (χ0v) is 15.6. The summed E-state index contributed by atoms with van der Waals surface area (Å²) in [5.74, 6) is 0.190. The molecule has 138 valence electrons. The molecule has 1 aliphatic rings. The minimum absolute atomic E-state index is 0.190. The number of benzene rings is 1. The number of nitrogens with zero attached hydrogens (tertiary/aromatic N) is 4. The van der Waals surface area contributed by atoms with E-state index in [-0.39, 0.29) is 5.91 Å². The van der Waals surface area contributed by atoms with Crippen LogP contribution in [0.2, 0.25) is 5.15 Å². The Morgan fingerprint density at radius 1 is 1.00 bits per heavy atom. The van der Waals surface area contributed by atoms with E-state index in [1.165, 1.54) is 0 Å². The average Bonchev–Trinajstić information content (AvgIpc) is 3.36. The SMILES string of the molecule is O=C1CCCN1c1ccc(-c2cncc(-c3cc(Cl)nc4[nH]ncc34)c2)cc1. The number of halogens is 1. The van der Waals surface area contributed by atoms with Gasteiger partial charge in [0, 0.05) is 47.6 Å². The van der Waals surface area contributed by atoms with Crippen LogP contribution >= 0.6 is 11.6 Å². The fraction of sp³-hybridized carbons (Fsp3) is 0.143. The molecule has 0 saturated carbocycles. The van der Waals surface area contributed by atoms with Crippen molar-refractivity contribution in [1.29, 1.82) is 0 Å². The largest absolute Gasteiger partial charge is 0.312 e. The van der Waals surface area contributed by atoms with E-state index in [1.54, 1.807) is 12.4 Å². The number of hydrogen-bond acceptors (Lipinski definition) is 4. The smallest absolute Gasteiger partial charge is 0.227 e. The van der Waals surface area contributed by atoms with Gasteiger partial charge in [0.1, 0.15) is 5.15 Å². The van der Waals surface area contributed by atoms with Crippen molar-refractivity contribution < 1.29 is 4.79 Å². The Morgan fingerprint density at radius 2 is 1.82 bits per heavy atom. The standard InChI is InChI=1S/C21H16ClN5O/c22-19-9-17(18-12-24-26-21(18)25-19)15-8-14(10-23-11-15)13-3-5-16(6-4-13)27-7-1-2-20(27)28/h3-6,8-12H,1-2,7H2,(H,24,25,26). The van der Waals surface area contributed by atoms with Crippen molar-refractivity contribution >= 4 is 34.2 Å². The molecule has 0 aliphatic carbocycles. The van der Waals surface area contributed by atoms with E-state index in [0.29, 0.717) is 17.2 Å². The van der Waals surface area contributed by atoms with Crippen LogP contribution in [0.4, 0.5) is 5.69 Å². The molecule has 0 unspecified atom stereocenters. The first-order valence-electron chi connectivity index (χ1n) is 9.05. The molecule has 1 saturated heterocycles. The second kappa shape index (κ2) is 6.73. The highest BCUT2D eigenvalue weighted by molar-refractivity contribution is 6.30. The number of pyridine rings is 2. The number of H-pyrrole nitrogens is 1. The number of nitrogens with one attached hydrogen (secondary N) is 1. The van der Waals surface area contributed by atoms with Crippen molar-refractivity contribution in [2.24, 2.45) is 0 Å². The second-order valence-electron chi connectivity index (χ2n) is 6.78. The van der Waals surface area contributed by atoms with Crippen molar-refractivity contribution in [2.75, 3.05) is 11.4 Å². The normalized spacial score (nSPS) is 14.2. The summed E-state index contributed by atoms with van der Waals surface area (Å²) in [5.41, 5.74) is 5.48. The molecule has 4 aromatic rings. The zero-order chi connectivity index (χ0) is 19.1. The van der Waals surface area contributed by atoms with Crippen LogP contribution in [0, 0.1) is 0 Å². The van der Waals surface area contributed by atoms with Gasteiger partial charge in [0.2, 0.25) is 5.91 Å². The molecule has 4 heterocycles. The second-order valence-corrected chi connectivity index (χ2v) is 7.17. The van der Waals surface area contributed by atoms with Gasteiger partial charge in [-0.1, -0.05) is 23.7 Å². The Bertz CT molecular complexity index is 1190. The van der Waals surface area contributed by atoms with E-state index in [1.807, 2.05) is 41.4 Å². The lowest BCUT2D eigenvalue weighted by atomic mass is 10.0. The third kappa shape index (κ3) is 2.92. The number of fused-ring (bicyclic) bond motifs is 1. The number of aromatic amines is 1. The van der Waals surface area contributed by atoms with E-state index in [0.717, 1.165) is 46.3 Å². The molecule has 0 spiro atoms. The number of carbonyl (C=O) groups excluding carboxylic acids is 1. The predicted octanol–water partition coefficient (Wildman–Crippen LogP) is 4.47. The molecule has 1 fully saturated rings. The highest BCUT2D eigenvalue weighted by Crippen LogP contribution is 2.32. The number of amides is 1. The third-order valence-electron chi connectivity index (χ3n) is 5.03. The molecule has 1 N–H and O–H groups in total.